The van der Waals surface area contributed by atoms with Gasteiger partial charge in [-0.05, 0) is 55.8 Å². The number of rotatable bonds is 6. The van der Waals surface area contributed by atoms with Crippen molar-refractivity contribution in [3.05, 3.63) is 12.2 Å². The maximum Gasteiger partial charge on any atom is -0.0320 e. The van der Waals surface area contributed by atoms with Crippen LogP contribution in [0.4, 0.5) is 0 Å². The van der Waals surface area contributed by atoms with Crippen molar-refractivity contribution in [2.24, 2.45) is 23.7 Å². The molecule has 1 aliphatic carbocycles. The van der Waals surface area contributed by atoms with Crippen molar-refractivity contribution in [2.75, 3.05) is 0 Å². The molecular formula is C17H32. The van der Waals surface area contributed by atoms with Gasteiger partial charge in [-0.25, -0.2) is 0 Å². The van der Waals surface area contributed by atoms with Gasteiger partial charge in [0.2, 0.25) is 0 Å². The van der Waals surface area contributed by atoms with Crippen molar-refractivity contribution in [1.82, 2.24) is 0 Å². The monoisotopic (exact) mass is 236 g/mol. The van der Waals surface area contributed by atoms with Crippen LogP contribution in [0, 0.1) is 23.7 Å². The van der Waals surface area contributed by atoms with Gasteiger partial charge in [0.1, 0.15) is 0 Å². The molecule has 0 heteroatoms. The summed E-state index contributed by atoms with van der Waals surface area (Å²) in [5.41, 5.74) is 1.48. The standard InChI is InChI=1S/C17H32/c1-6-7-14(4)8-10-16-11-9-15(5)12-17(16)13(2)3/h13,15-17H,4,6-12H2,1-3,5H3. The molecule has 3 atom stereocenters. The minimum atomic E-state index is 0.863. The van der Waals surface area contributed by atoms with E-state index in [1.54, 1.807) is 0 Å². The summed E-state index contributed by atoms with van der Waals surface area (Å²) < 4.78 is 0. The first-order valence-corrected chi connectivity index (χ1v) is 7.71. The Balaban J connectivity index is 2.42. The minimum absolute atomic E-state index is 0.863. The highest BCUT2D eigenvalue weighted by molar-refractivity contribution is 4.94. The third kappa shape index (κ3) is 4.85. The second-order valence-electron chi connectivity index (χ2n) is 6.62. The van der Waals surface area contributed by atoms with Gasteiger partial charge in [0.15, 0.2) is 0 Å². The van der Waals surface area contributed by atoms with Crippen molar-refractivity contribution in [3.63, 3.8) is 0 Å². The van der Waals surface area contributed by atoms with Crippen molar-refractivity contribution in [3.8, 4) is 0 Å². The smallest absolute Gasteiger partial charge is 0.0320 e. The zero-order valence-electron chi connectivity index (χ0n) is 12.5. The molecule has 1 fully saturated rings. The van der Waals surface area contributed by atoms with Crippen LogP contribution >= 0.6 is 0 Å². The first kappa shape index (κ1) is 14.8. The zero-order valence-corrected chi connectivity index (χ0v) is 12.5. The Bertz CT molecular complexity index is 226. The van der Waals surface area contributed by atoms with Crippen LogP contribution in [0.1, 0.15) is 72.6 Å². The van der Waals surface area contributed by atoms with Crippen LogP contribution in [0.5, 0.6) is 0 Å². The minimum Gasteiger partial charge on any atom is -0.0999 e. The molecule has 0 heterocycles. The van der Waals surface area contributed by atoms with Crippen LogP contribution in [0.25, 0.3) is 0 Å². The van der Waals surface area contributed by atoms with E-state index in [4.69, 9.17) is 0 Å². The Morgan fingerprint density at radius 1 is 1.24 bits per heavy atom. The van der Waals surface area contributed by atoms with Crippen LogP contribution in [0.3, 0.4) is 0 Å². The molecule has 0 bridgehead atoms. The maximum atomic E-state index is 4.21. The number of allylic oxidation sites excluding steroid dienone is 1. The highest BCUT2D eigenvalue weighted by Crippen LogP contribution is 2.40. The molecule has 0 spiro atoms. The number of hydrogen-bond acceptors (Lipinski definition) is 0. The fourth-order valence-electron chi connectivity index (χ4n) is 3.53. The van der Waals surface area contributed by atoms with E-state index >= 15 is 0 Å². The first-order valence-electron chi connectivity index (χ1n) is 7.71. The molecule has 3 unspecified atom stereocenters. The van der Waals surface area contributed by atoms with Crippen molar-refractivity contribution < 1.29 is 0 Å². The SMILES string of the molecule is C=C(CCC)CCC1CCC(C)CC1C(C)C. The summed E-state index contributed by atoms with van der Waals surface area (Å²) in [6, 6.07) is 0. The van der Waals surface area contributed by atoms with Gasteiger partial charge < -0.3 is 0 Å². The van der Waals surface area contributed by atoms with Gasteiger partial charge in [0.25, 0.3) is 0 Å². The molecule has 0 N–H and O–H groups in total. The second-order valence-corrected chi connectivity index (χ2v) is 6.62. The molecule has 0 aromatic heterocycles. The summed E-state index contributed by atoms with van der Waals surface area (Å²) in [7, 11) is 0. The molecule has 0 aromatic carbocycles. The third-order valence-corrected chi connectivity index (χ3v) is 4.64. The summed E-state index contributed by atoms with van der Waals surface area (Å²) in [6.45, 7) is 13.7. The van der Waals surface area contributed by atoms with Crippen molar-refractivity contribution in [2.45, 2.75) is 72.6 Å². The highest BCUT2D eigenvalue weighted by atomic mass is 14.4. The van der Waals surface area contributed by atoms with Gasteiger partial charge in [-0.1, -0.05) is 52.7 Å². The fourth-order valence-corrected chi connectivity index (χ4v) is 3.53. The van der Waals surface area contributed by atoms with Crippen LogP contribution in [0.2, 0.25) is 0 Å². The summed E-state index contributed by atoms with van der Waals surface area (Å²) in [4.78, 5) is 0. The van der Waals surface area contributed by atoms with Crippen molar-refractivity contribution in [1.29, 1.82) is 0 Å². The van der Waals surface area contributed by atoms with Crippen LogP contribution < -0.4 is 0 Å². The summed E-state index contributed by atoms with van der Waals surface area (Å²) in [6.07, 6.45) is 9.54. The lowest BCUT2D eigenvalue weighted by Gasteiger charge is -2.37. The molecule has 17 heavy (non-hydrogen) atoms. The molecular weight excluding hydrogens is 204 g/mol. The van der Waals surface area contributed by atoms with E-state index in [2.05, 4.69) is 34.3 Å². The van der Waals surface area contributed by atoms with Gasteiger partial charge in [0, 0.05) is 0 Å². The molecule has 0 radical (unpaired) electrons. The molecule has 1 aliphatic rings. The second kappa shape index (κ2) is 7.24. The summed E-state index contributed by atoms with van der Waals surface area (Å²) >= 11 is 0. The Hall–Kier alpha value is -0.260. The van der Waals surface area contributed by atoms with Crippen molar-refractivity contribution >= 4 is 0 Å². The van der Waals surface area contributed by atoms with Gasteiger partial charge >= 0.3 is 0 Å². The van der Waals surface area contributed by atoms with E-state index in [0.717, 1.165) is 23.7 Å². The third-order valence-electron chi connectivity index (χ3n) is 4.64. The summed E-state index contributed by atoms with van der Waals surface area (Å²) in [5, 5.41) is 0. The molecule has 100 valence electrons. The lowest BCUT2D eigenvalue weighted by molar-refractivity contribution is 0.135. The van der Waals surface area contributed by atoms with E-state index in [-0.39, 0.29) is 0 Å². The van der Waals surface area contributed by atoms with E-state index in [9.17, 15) is 0 Å². The van der Waals surface area contributed by atoms with E-state index < -0.39 is 0 Å². The molecule has 0 aliphatic heterocycles. The van der Waals surface area contributed by atoms with E-state index in [1.807, 2.05) is 0 Å². The van der Waals surface area contributed by atoms with Crippen LogP contribution in [0.15, 0.2) is 12.2 Å². The molecule has 0 nitrogen and oxygen atoms in total. The first-order chi connectivity index (χ1) is 8.04. The van der Waals surface area contributed by atoms with Gasteiger partial charge in [-0.15, -0.1) is 0 Å². The predicted octanol–water partition coefficient (Wildman–Crippen LogP) is 5.83. The molecule has 0 saturated heterocycles. The average molecular weight is 236 g/mol. The molecule has 0 amide bonds. The lowest BCUT2D eigenvalue weighted by atomic mass is 9.68. The van der Waals surface area contributed by atoms with Gasteiger partial charge in [0.05, 0.1) is 0 Å². The highest BCUT2D eigenvalue weighted by Gasteiger charge is 2.30. The largest absolute Gasteiger partial charge is 0.0999 e. The molecule has 1 rings (SSSR count). The Kier molecular flexibility index (Phi) is 6.30. The van der Waals surface area contributed by atoms with Gasteiger partial charge in [-0.3, -0.25) is 0 Å². The Labute approximate surface area is 109 Å². The average Bonchev–Trinajstić information content (AvgIpc) is 2.27. The topological polar surface area (TPSA) is 0 Å². The molecule has 1 saturated carbocycles. The Morgan fingerprint density at radius 2 is 1.94 bits per heavy atom. The molecule has 0 aromatic rings. The van der Waals surface area contributed by atoms with E-state index in [0.29, 0.717) is 0 Å². The normalized spacial score (nSPS) is 29.6. The Morgan fingerprint density at radius 3 is 2.53 bits per heavy atom. The maximum absolute atomic E-state index is 4.21. The fraction of sp³-hybridized carbons (Fsp3) is 0.882. The summed E-state index contributed by atoms with van der Waals surface area (Å²) in [5.74, 6) is 3.76. The van der Waals surface area contributed by atoms with Crippen LogP contribution in [-0.2, 0) is 0 Å². The number of hydrogen-bond donors (Lipinski definition) is 0. The van der Waals surface area contributed by atoms with E-state index in [1.165, 1.54) is 50.5 Å². The lowest BCUT2D eigenvalue weighted by Crippen LogP contribution is -2.27. The quantitative estimate of drug-likeness (QED) is 0.509. The predicted molar refractivity (Wildman–Crippen MR) is 78.1 cm³/mol. The van der Waals surface area contributed by atoms with Crippen LogP contribution in [-0.4, -0.2) is 0 Å². The van der Waals surface area contributed by atoms with Gasteiger partial charge in [-0.2, -0.15) is 0 Å². The zero-order chi connectivity index (χ0) is 12.8.